The van der Waals surface area contributed by atoms with Gasteiger partial charge in [0.15, 0.2) is 11.5 Å². The molecule has 0 radical (unpaired) electrons. The Morgan fingerprint density at radius 3 is 2.91 bits per heavy atom. The highest BCUT2D eigenvalue weighted by Gasteiger charge is 2.31. The van der Waals surface area contributed by atoms with Gasteiger partial charge in [-0.25, -0.2) is 0 Å². The molecule has 1 fully saturated rings. The minimum atomic E-state index is -0.146. The lowest BCUT2D eigenvalue weighted by Gasteiger charge is -2.31. The molecule has 0 unspecified atom stereocenters. The van der Waals surface area contributed by atoms with Gasteiger partial charge in [-0.05, 0) is 25.2 Å². The molecule has 1 atom stereocenters. The predicted octanol–water partition coefficient (Wildman–Crippen LogP) is 3.00. The van der Waals surface area contributed by atoms with Gasteiger partial charge in [0.05, 0.1) is 17.9 Å². The van der Waals surface area contributed by atoms with Crippen LogP contribution in [0.4, 0.5) is 0 Å². The Balaban J connectivity index is 1.76. The van der Waals surface area contributed by atoms with Crippen LogP contribution in [0.1, 0.15) is 33.7 Å². The molecule has 1 aromatic heterocycles. The van der Waals surface area contributed by atoms with E-state index in [2.05, 4.69) is 8.75 Å². The fourth-order valence-corrected chi connectivity index (χ4v) is 3.88. The molecule has 1 aliphatic rings. The summed E-state index contributed by atoms with van der Waals surface area (Å²) in [6.45, 7) is 1.13. The number of carbonyl (C=O) groups excluding carboxylic acids is 2. The Bertz CT molecular complexity index is 703. The molecular weight excluding hydrogens is 330 g/mol. The van der Waals surface area contributed by atoms with Crippen molar-refractivity contribution in [1.82, 2.24) is 13.6 Å². The van der Waals surface area contributed by atoms with Crippen LogP contribution in [0, 0.1) is 5.92 Å². The summed E-state index contributed by atoms with van der Waals surface area (Å²) < 4.78 is 7.87. The quantitative estimate of drug-likeness (QED) is 0.628. The van der Waals surface area contributed by atoms with Crippen LogP contribution >= 0.6 is 23.5 Å². The van der Waals surface area contributed by atoms with E-state index in [0.29, 0.717) is 18.8 Å². The number of likely N-dealkylation sites (tertiary alicyclic amines) is 1. The van der Waals surface area contributed by atoms with E-state index in [1.165, 1.54) is 6.20 Å². The van der Waals surface area contributed by atoms with Gasteiger partial charge in [-0.15, -0.1) is 11.8 Å². The van der Waals surface area contributed by atoms with Crippen LogP contribution in [0.3, 0.4) is 0 Å². The second-order valence-corrected chi connectivity index (χ2v) is 6.85. The van der Waals surface area contributed by atoms with Crippen molar-refractivity contribution in [2.24, 2.45) is 5.92 Å². The number of carbonyl (C=O) groups is 2. The van der Waals surface area contributed by atoms with Gasteiger partial charge in [0.25, 0.3) is 5.91 Å². The molecule has 0 spiro atoms. The minimum Gasteiger partial charge on any atom is -0.336 e. The van der Waals surface area contributed by atoms with Crippen LogP contribution in [0.2, 0.25) is 0 Å². The lowest BCUT2D eigenvalue weighted by atomic mass is 9.90. The first kappa shape index (κ1) is 16.1. The molecule has 23 heavy (non-hydrogen) atoms. The van der Waals surface area contributed by atoms with Crippen LogP contribution in [0.5, 0.6) is 0 Å². The van der Waals surface area contributed by atoms with Gasteiger partial charge < -0.3 is 4.90 Å². The molecule has 7 heteroatoms. The maximum Gasteiger partial charge on any atom is 0.275 e. The molecule has 1 amide bonds. The fourth-order valence-electron chi connectivity index (χ4n) is 2.86. The van der Waals surface area contributed by atoms with E-state index in [0.717, 1.165) is 35.0 Å². The number of hydrogen-bond donors (Lipinski definition) is 0. The number of Topliss-reactive ketones (excluding diaryl/α,β-unsaturated/α-hetero) is 1. The summed E-state index contributed by atoms with van der Waals surface area (Å²) in [5.41, 5.74) is 1.13. The van der Waals surface area contributed by atoms with Crippen molar-refractivity contribution in [3.63, 3.8) is 0 Å². The van der Waals surface area contributed by atoms with Gasteiger partial charge in [0, 0.05) is 29.5 Å². The Morgan fingerprint density at radius 2 is 2.17 bits per heavy atom. The van der Waals surface area contributed by atoms with E-state index >= 15 is 0 Å². The van der Waals surface area contributed by atoms with E-state index in [1.54, 1.807) is 16.7 Å². The third-order valence-corrected chi connectivity index (χ3v) is 5.31. The summed E-state index contributed by atoms with van der Waals surface area (Å²) >= 11 is 2.60. The van der Waals surface area contributed by atoms with E-state index in [4.69, 9.17) is 0 Å². The third kappa shape index (κ3) is 3.45. The number of ketones is 1. The first-order valence-corrected chi connectivity index (χ1v) is 9.40. The van der Waals surface area contributed by atoms with Gasteiger partial charge in [-0.2, -0.15) is 8.75 Å². The normalized spacial score (nSPS) is 18.0. The average Bonchev–Trinajstić information content (AvgIpc) is 3.15. The second-order valence-electron chi connectivity index (χ2n) is 5.45. The number of piperidine rings is 1. The standard InChI is InChI=1S/C16H17N3O2S2/c1-22-14-7-3-2-6-12(14)15(20)11-5-4-8-19(10-11)16(21)13-9-17-23-18-13/h2-3,6-7,9,11H,4-5,8,10H2,1H3/t11-/m0/s1. The Morgan fingerprint density at radius 1 is 1.35 bits per heavy atom. The van der Waals surface area contributed by atoms with Gasteiger partial charge in [-0.3, -0.25) is 9.59 Å². The van der Waals surface area contributed by atoms with Crippen LogP contribution < -0.4 is 0 Å². The molecule has 2 heterocycles. The second kappa shape index (κ2) is 7.23. The van der Waals surface area contributed by atoms with E-state index < -0.39 is 0 Å². The molecule has 0 saturated carbocycles. The zero-order valence-corrected chi connectivity index (χ0v) is 14.4. The van der Waals surface area contributed by atoms with Crippen molar-refractivity contribution >= 4 is 35.2 Å². The van der Waals surface area contributed by atoms with Crippen molar-refractivity contribution in [2.75, 3.05) is 19.3 Å². The summed E-state index contributed by atoms with van der Waals surface area (Å²) in [6, 6.07) is 7.66. The number of nitrogens with zero attached hydrogens (tertiary/aromatic N) is 3. The van der Waals surface area contributed by atoms with E-state index in [9.17, 15) is 9.59 Å². The maximum absolute atomic E-state index is 12.9. The summed E-state index contributed by atoms with van der Waals surface area (Å²) in [7, 11) is 0. The molecule has 1 saturated heterocycles. The number of hydrogen-bond acceptors (Lipinski definition) is 6. The van der Waals surface area contributed by atoms with Gasteiger partial charge in [-0.1, -0.05) is 18.2 Å². The Hall–Kier alpha value is -1.73. The molecule has 2 aromatic rings. The van der Waals surface area contributed by atoms with Crippen LogP contribution in [0.25, 0.3) is 0 Å². The number of benzene rings is 1. The van der Waals surface area contributed by atoms with Crippen LogP contribution in [0.15, 0.2) is 35.4 Å². The lowest BCUT2D eigenvalue weighted by molar-refractivity contribution is 0.0632. The Labute approximate surface area is 143 Å². The van der Waals surface area contributed by atoms with Crippen molar-refractivity contribution < 1.29 is 9.59 Å². The monoisotopic (exact) mass is 347 g/mol. The molecule has 1 aliphatic heterocycles. The first-order chi connectivity index (χ1) is 11.2. The van der Waals surface area contributed by atoms with Crippen molar-refractivity contribution in [3.8, 4) is 0 Å². The molecule has 0 bridgehead atoms. The molecular formula is C16H17N3O2S2. The average molecular weight is 347 g/mol. The topological polar surface area (TPSA) is 63.2 Å². The van der Waals surface area contributed by atoms with Crippen molar-refractivity contribution in [2.45, 2.75) is 17.7 Å². The molecule has 3 rings (SSSR count). The van der Waals surface area contributed by atoms with Gasteiger partial charge in [0.2, 0.25) is 0 Å². The highest BCUT2D eigenvalue weighted by molar-refractivity contribution is 7.98. The first-order valence-electron chi connectivity index (χ1n) is 7.44. The van der Waals surface area contributed by atoms with E-state index in [1.807, 2.05) is 30.5 Å². The Kier molecular flexibility index (Phi) is 5.07. The van der Waals surface area contributed by atoms with Crippen LogP contribution in [-0.2, 0) is 0 Å². The van der Waals surface area contributed by atoms with Gasteiger partial charge in [0.1, 0.15) is 0 Å². The van der Waals surface area contributed by atoms with E-state index in [-0.39, 0.29) is 17.6 Å². The zero-order valence-electron chi connectivity index (χ0n) is 12.8. The van der Waals surface area contributed by atoms with Crippen molar-refractivity contribution in [1.29, 1.82) is 0 Å². The largest absolute Gasteiger partial charge is 0.336 e. The smallest absolute Gasteiger partial charge is 0.275 e. The third-order valence-electron chi connectivity index (χ3n) is 4.03. The molecule has 120 valence electrons. The van der Waals surface area contributed by atoms with Crippen molar-refractivity contribution in [3.05, 3.63) is 41.7 Å². The highest BCUT2D eigenvalue weighted by atomic mass is 32.2. The molecule has 1 aromatic carbocycles. The van der Waals surface area contributed by atoms with Gasteiger partial charge >= 0.3 is 0 Å². The molecule has 0 N–H and O–H groups in total. The predicted molar refractivity (Wildman–Crippen MR) is 91.1 cm³/mol. The number of amides is 1. The summed E-state index contributed by atoms with van der Waals surface area (Å²) in [5, 5.41) is 0. The van der Waals surface area contributed by atoms with Crippen LogP contribution in [-0.4, -0.2) is 44.7 Å². The zero-order chi connectivity index (χ0) is 16.2. The summed E-state index contributed by atoms with van der Waals surface area (Å²) in [6.07, 6.45) is 5.11. The highest BCUT2D eigenvalue weighted by Crippen LogP contribution is 2.27. The summed E-state index contributed by atoms with van der Waals surface area (Å²) in [4.78, 5) is 28.0. The fraction of sp³-hybridized carbons (Fsp3) is 0.375. The lowest BCUT2D eigenvalue weighted by Crippen LogP contribution is -2.42. The number of aromatic nitrogens is 2. The summed E-state index contributed by atoms with van der Waals surface area (Å²) in [5.74, 6) is -0.147. The minimum absolute atomic E-state index is 0.129. The SMILES string of the molecule is CSc1ccccc1C(=O)[C@H]1CCCN(C(=O)c2cnsn2)C1. The number of rotatable bonds is 4. The molecule has 5 nitrogen and oxygen atoms in total. The molecule has 0 aliphatic carbocycles. The number of thioether (sulfide) groups is 1. The maximum atomic E-state index is 12.9.